The first kappa shape index (κ1) is 18.8. The summed E-state index contributed by atoms with van der Waals surface area (Å²) >= 11 is 0. The molecule has 2 aromatic carbocycles. The van der Waals surface area contributed by atoms with E-state index in [2.05, 4.69) is 40.4 Å². The number of hydrogen-bond acceptors (Lipinski definition) is 4. The summed E-state index contributed by atoms with van der Waals surface area (Å²) in [5.41, 5.74) is 4.74. The Hall–Kier alpha value is -2.53. The van der Waals surface area contributed by atoms with E-state index in [1.54, 1.807) is 7.11 Å². The number of hydrogen-bond donors (Lipinski definition) is 1. The SMILES string of the molecule is COc1ccc(C(=O)NC[C@@H](c2ccc3c(c2)CCN3C)N2CCCC2)cc1. The second-order valence-corrected chi connectivity index (χ2v) is 7.76. The van der Waals surface area contributed by atoms with E-state index in [4.69, 9.17) is 4.74 Å². The van der Waals surface area contributed by atoms with Crippen LogP contribution in [0.1, 0.15) is 40.4 Å². The van der Waals surface area contributed by atoms with Crippen molar-refractivity contribution in [2.24, 2.45) is 0 Å². The molecule has 28 heavy (non-hydrogen) atoms. The second-order valence-electron chi connectivity index (χ2n) is 7.76. The van der Waals surface area contributed by atoms with Crippen molar-refractivity contribution in [2.45, 2.75) is 25.3 Å². The Morgan fingerprint density at radius 2 is 1.86 bits per heavy atom. The van der Waals surface area contributed by atoms with Crippen molar-refractivity contribution in [2.75, 3.05) is 45.2 Å². The predicted octanol–water partition coefficient (Wildman–Crippen LogP) is 3.25. The highest BCUT2D eigenvalue weighted by molar-refractivity contribution is 5.94. The fraction of sp³-hybridized carbons (Fsp3) is 0.435. The molecular weight excluding hydrogens is 350 g/mol. The third-order valence-electron chi connectivity index (χ3n) is 6.01. The van der Waals surface area contributed by atoms with E-state index >= 15 is 0 Å². The monoisotopic (exact) mass is 379 g/mol. The number of rotatable bonds is 6. The maximum Gasteiger partial charge on any atom is 0.251 e. The molecule has 0 radical (unpaired) electrons. The fourth-order valence-electron chi connectivity index (χ4n) is 4.34. The minimum absolute atomic E-state index is 0.0345. The van der Waals surface area contributed by atoms with Crippen LogP contribution in [-0.2, 0) is 6.42 Å². The van der Waals surface area contributed by atoms with Gasteiger partial charge in [-0.15, -0.1) is 0 Å². The molecule has 148 valence electrons. The minimum atomic E-state index is -0.0345. The summed E-state index contributed by atoms with van der Waals surface area (Å²) < 4.78 is 5.17. The van der Waals surface area contributed by atoms with Crippen LogP contribution in [0, 0.1) is 0 Å². The summed E-state index contributed by atoms with van der Waals surface area (Å²) in [4.78, 5) is 17.5. The lowest BCUT2D eigenvalue weighted by Crippen LogP contribution is -2.36. The van der Waals surface area contributed by atoms with Crippen molar-refractivity contribution >= 4 is 11.6 Å². The van der Waals surface area contributed by atoms with Gasteiger partial charge in [0.2, 0.25) is 0 Å². The van der Waals surface area contributed by atoms with Crippen molar-refractivity contribution < 1.29 is 9.53 Å². The first-order chi connectivity index (χ1) is 13.7. The number of amides is 1. The Morgan fingerprint density at radius 3 is 2.57 bits per heavy atom. The molecule has 0 aromatic heterocycles. The molecule has 2 aromatic rings. The molecule has 0 bridgehead atoms. The number of nitrogens with one attached hydrogen (secondary N) is 1. The van der Waals surface area contributed by atoms with Crippen molar-refractivity contribution in [3.05, 3.63) is 59.2 Å². The molecule has 1 amide bonds. The molecular formula is C23H29N3O2. The lowest BCUT2D eigenvalue weighted by Gasteiger charge is -2.29. The molecule has 1 saturated heterocycles. The molecule has 0 saturated carbocycles. The third kappa shape index (κ3) is 3.85. The maximum atomic E-state index is 12.6. The number of fused-ring (bicyclic) bond motifs is 1. The summed E-state index contributed by atoms with van der Waals surface area (Å²) in [5.74, 6) is 0.724. The number of ether oxygens (including phenoxy) is 1. The first-order valence-corrected chi connectivity index (χ1v) is 10.2. The van der Waals surface area contributed by atoms with Crippen LogP contribution in [0.15, 0.2) is 42.5 Å². The van der Waals surface area contributed by atoms with Crippen LogP contribution in [-0.4, -0.2) is 51.1 Å². The Bertz CT molecular complexity index is 828. The molecule has 4 rings (SSSR count). The van der Waals surface area contributed by atoms with Gasteiger partial charge in [-0.05, 0) is 73.8 Å². The van der Waals surface area contributed by atoms with Gasteiger partial charge >= 0.3 is 0 Å². The maximum absolute atomic E-state index is 12.6. The van der Waals surface area contributed by atoms with Gasteiger partial charge in [0.05, 0.1) is 13.2 Å². The standard InChI is InChI=1S/C23H29N3O2/c1-25-14-11-19-15-18(7-10-21(19)25)22(26-12-3-4-13-26)16-24-23(27)17-5-8-20(28-2)9-6-17/h5-10,15,22H,3-4,11-14,16H2,1-2H3,(H,24,27)/t22-/m0/s1. The van der Waals surface area contributed by atoms with E-state index in [1.807, 2.05) is 24.3 Å². The Morgan fingerprint density at radius 1 is 1.11 bits per heavy atom. The quantitative estimate of drug-likeness (QED) is 0.837. The molecule has 2 aliphatic rings. The molecule has 0 unspecified atom stereocenters. The van der Waals surface area contributed by atoms with Crippen LogP contribution in [0.25, 0.3) is 0 Å². The minimum Gasteiger partial charge on any atom is -0.497 e. The number of nitrogens with zero attached hydrogens (tertiary/aromatic N) is 2. The van der Waals surface area contributed by atoms with Gasteiger partial charge in [-0.25, -0.2) is 0 Å². The molecule has 1 atom stereocenters. The average molecular weight is 380 g/mol. The van der Waals surface area contributed by atoms with E-state index in [9.17, 15) is 4.79 Å². The lowest BCUT2D eigenvalue weighted by atomic mass is 10.0. The number of likely N-dealkylation sites (tertiary alicyclic amines) is 1. The lowest BCUT2D eigenvalue weighted by molar-refractivity contribution is 0.0938. The number of anilines is 1. The number of carbonyl (C=O) groups is 1. The highest BCUT2D eigenvalue weighted by Crippen LogP contribution is 2.32. The van der Waals surface area contributed by atoms with Gasteiger partial charge in [0, 0.05) is 31.4 Å². The van der Waals surface area contributed by atoms with Crippen LogP contribution < -0.4 is 15.0 Å². The topological polar surface area (TPSA) is 44.8 Å². The largest absolute Gasteiger partial charge is 0.497 e. The highest BCUT2D eigenvalue weighted by atomic mass is 16.5. The average Bonchev–Trinajstić information content (AvgIpc) is 3.38. The van der Waals surface area contributed by atoms with Crippen molar-refractivity contribution in [1.82, 2.24) is 10.2 Å². The van der Waals surface area contributed by atoms with E-state index in [0.29, 0.717) is 12.1 Å². The van der Waals surface area contributed by atoms with Gasteiger partial charge in [-0.2, -0.15) is 0 Å². The summed E-state index contributed by atoms with van der Waals surface area (Å²) in [5, 5.41) is 3.16. The molecule has 2 heterocycles. The van der Waals surface area contributed by atoms with Gasteiger partial charge in [0.15, 0.2) is 0 Å². The van der Waals surface area contributed by atoms with Crippen molar-refractivity contribution in [3.63, 3.8) is 0 Å². The Balaban J connectivity index is 1.49. The van der Waals surface area contributed by atoms with Gasteiger partial charge in [-0.1, -0.05) is 12.1 Å². The fourth-order valence-corrected chi connectivity index (χ4v) is 4.34. The molecule has 5 nitrogen and oxygen atoms in total. The van der Waals surface area contributed by atoms with Crippen LogP contribution in [0.2, 0.25) is 0 Å². The summed E-state index contributed by atoms with van der Waals surface area (Å²) in [6, 6.07) is 14.3. The van der Waals surface area contributed by atoms with Gasteiger partial charge in [-0.3, -0.25) is 9.69 Å². The summed E-state index contributed by atoms with van der Waals surface area (Å²) in [7, 11) is 3.78. The first-order valence-electron chi connectivity index (χ1n) is 10.2. The summed E-state index contributed by atoms with van der Waals surface area (Å²) in [6.07, 6.45) is 3.57. The van der Waals surface area contributed by atoms with E-state index < -0.39 is 0 Å². The molecule has 0 aliphatic carbocycles. The van der Waals surface area contributed by atoms with Crippen LogP contribution in [0.5, 0.6) is 5.75 Å². The van der Waals surface area contributed by atoms with Gasteiger partial charge < -0.3 is 15.0 Å². The van der Waals surface area contributed by atoms with Crippen LogP contribution >= 0.6 is 0 Å². The molecule has 2 aliphatic heterocycles. The normalized spacial score (nSPS) is 17.4. The van der Waals surface area contributed by atoms with Crippen LogP contribution in [0.3, 0.4) is 0 Å². The van der Waals surface area contributed by atoms with Crippen LogP contribution in [0.4, 0.5) is 5.69 Å². The van der Waals surface area contributed by atoms with E-state index in [0.717, 1.165) is 31.8 Å². The van der Waals surface area contributed by atoms with Crippen molar-refractivity contribution in [3.8, 4) is 5.75 Å². The molecule has 1 N–H and O–H groups in total. The zero-order chi connectivity index (χ0) is 19.5. The van der Waals surface area contributed by atoms with Gasteiger partial charge in [0.1, 0.15) is 5.75 Å². The Kier molecular flexibility index (Phi) is 5.53. The third-order valence-corrected chi connectivity index (χ3v) is 6.01. The number of benzene rings is 2. The zero-order valence-corrected chi connectivity index (χ0v) is 16.8. The smallest absolute Gasteiger partial charge is 0.251 e. The zero-order valence-electron chi connectivity index (χ0n) is 16.8. The molecule has 5 heteroatoms. The second kappa shape index (κ2) is 8.23. The van der Waals surface area contributed by atoms with Crippen molar-refractivity contribution in [1.29, 1.82) is 0 Å². The summed E-state index contributed by atoms with van der Waals surface area (Å²) in [6.45, 7) is 3.90. The van der Waals surface area contributed by atoms with Gasteiger partial charge in [0.25, 0.3) is 5.91 Å². The molecule has 1 fully saturated rings. The number of carbonyl (C=O) groups excluding carboxylic acids is 1. The van der Waals surface area contributed by atoms with E-state index in [-0.39, 0.29) is 11.9 Å². The highest BCUT2D eigenvalue weighted by Gasteiger charge is 2.26. The number of methoxy groups -OCH3 is 1. The Labute approximate surface area is 167 Å². The number of likely N-dealkylation sites (N-methyl/N-ethyl adjacent to an activating group) is 1. The van der Waals surface area contributed by atoms with E-state index in [1.165, 1.54) is 29.7 Å². The molecule has 0 spiro atoms. The predicted molar refractivity (Wildman–Crippen MR) is 112 cm³/mol.